The van der Waals surface area contributed by atoms with Crippen molar-refractivity contribution in [2.45, 2.75) is 32.2 Å². The number of rotatable bonds is 5. The zero-order valence-electron chi connectivity index (χ0n) is 16.9. The Morgan fingerprint density at radius 3 is 2.23 bits per heavy atom. The number of amides is 1. The van der Waals surface area contributed by atoms with E-state index in [4.69, 9.17) is 5.73 Å². The Bertz CT molecular complexity index is 1100. The molecular formula is C23H23N2O5. The third-order valence-electron chi connectivity index (χ3n) is 4.98. The van der Waals surface area contributed by atoms with Gasteiger partial charge in [-0.25, -0.2) is 0 Å². The van der Waals surface area contributed by atoms with Gasteiger partial charge in [-0.15, -0.1) is 0 Å². The molecule has 0 spiro atoms. The zero-order chi connectivity index (χ0) is 21.8. The Balaban J connectivity index is 0.000000461. The van der Waals surface area contributed by atoms with E-state index in [1.165, 1.54) is 20.1 Å². The van der Waals surface area contributed by atoms with Gasteiger partial charge < -0.3 is 15.0 Å². The summed E-state index contributed by atoms with van der Waals surface area (Å²) >= 11 is 0. The second-order valence-electron chi connectivity index (χ2n) is 7.15. The molecule has 0 saturated heterocycles. The smallest absolute Gasteiger partial charge is 0.302 e. The number of benzene rings is 2. The van der Waals surface area contributed by atoms with Crippen LogP contribution in [0.5, 0.6) is 5.75 Å². The van der Waals surface area contributed by atoms with Crippen LogP contribution in [-0.4, -0.2) is 29.3 Å². The molecule has 1 saturated carbocycles. The maximum absolute atomic E-state index is 12.5. The number of primary amides is 1. The molecule has 2 aromatic carbocycles. The average Bonchev–Trinajstić information content (AvgIpc) is 3.52. The fraction of sp³-hybridized carbons (Fsp3) is 0.261. The summed E-state index contributed by atoms with van der Waals surface area (Å²) in [6.07, 6.45) is 1.89. The van der Waals surface area contributed by atoms with Gasteiger partial charge in [-0.1, -0.05) is 36.4 Å². The van der Waals surface area contributed by atoms with Crippen molar-refractivity contribution in [2.24, 2.45) is 5.73 Å². The van der Waals surface area contributed by atoms with Gasteiger partial charge >= 0.3 is 5.97 Å². The highest BCUT2D eigenvalue weighted by Crippen LogP contribution is 2.47. The third-order valence-corrected chi connectivity index (χ3v) is 4.98. The van der Waals surface area contributed by atoms with E-state index >= 15 is 0 Å². The van der Waals surface area contributed by atoms with Gasteiger partial charge in [0.15, 0.2) is 5.75 Å². The number of ether oxygens (including phenoxy) is 1. The second-order valence-corrected chi connectivity index (χ2v) is 7.15. The number of ketones is 1. The maximum atomic E-state index is 12.5. The summed E-state index contributed by atoms with van der Waals surface area (Å²) in [6.45, 7) is 1.90. The predicted molar refractivity (Wildman–Crippen MR) is 111 cm³/mol. The molecule has 0 unspecified atom stereocenters. The number of nitrogens with two attached hydrogens (primary N) is 1. The van der Waals surface area contributed by atoms with Crippen LogP contribution in [0.3, 0.4) is 0 Å². The Labute approximate surface area is 174 Å². The molecule has 0 aliphatic heterocycles. The van der Waals surface area contributed by atoms with Gasteiger partial charge in [0, 0.05) is 25.1 Å². The standard InChI is InChI=1S/C20H17N2O3.C3H6O2/c21-20(25)19(24)17-16-14(7-4-8-15(16)23)22(18(17)13-9-10-13)11-12-5-2-1-3-6-12;1-3(4)5-2/h1-8,13H,9-11H2,(H2,21,25);1-2H3. The quantitative estimate of drug-likeness (QED) is 0.396. The van der Waals surface area contributed by atoms with Crippen molar-refractivity contribution in [3.8, 4) is 5.75 Å². The maximum Gasteiger partial charge on any atom is 0.302 e. The van der Waals surface area contributed by atoms with Crippen LogP contribution in [0.4, 0.5) is 0 Å². The summed E-state index contributed by atoms with van der Waals surface area (Å²) in [5.74, 6) is -2.11. The van der Waals surface area contributed by atoms with Crippen molar-refractivity contribution in [2.75, 3.05) is 7.11 Å². The first kappa shape index (κ1) is 21.1. The van der Waals surface area contributed by atoms with E-state index in [2.05, 4.69) is 4.74 Å². The average molecular weight is 407 g/mol. The number of esters is 1. The number of carbonyl (C=O) groups excluding carboxylic acids is 3. The number of Topliss-reactive ketones (excluding diaryl/α,β-unsaturated/α-hetero) is 1. The monoisotopic (exact) mass is 407 g/mol. The summed E-state index contributed by atoms with van der Waals surface area (Å²) in [6, 6.07) is 14.8. The molecule has 0 bridgehead atoms. The lowest BCUT2D eigenvalue weighted by Gasteiger charge is -2.11. The van der Waals surface area contributed by atoms with E-state index in [1.54, 1.807) is 6.07 Å². The van der Waals surface area contributed by atoms with Crippen LogP contribution in [0.1, 0.15) is 47.3 Å². The van der Waals surface area contributed by atoms with Gasteiger partial charge in [0.05, 0.1) is 23.6 Å². The Hall–Kier alpha value is -3.61. The van der Waals surface area contributed by atoms with Crippen LogP contribution in [0.25, 0.3) is 10.9 Å². The highest BCUT2D eigenvalue weighted by atomic mass is 16.5. The fourth-order valence-corrected chi connectivity index (χ4v) is 3.46. The van der Waals surface area contributed by atoms with Crippen LogP contribution in [0, 0.1) is 0 Å². The number of hydrogen-bond donors (Lipinski definition) is 1. The third kappa shape index (κ3) is 4.35. The molecule has 1 aliphatic carbocycles. The lowest BCUT2D eigenvalue weighted by Crippen LogP contribution is -2.24. The van der Waals surface area contributed by atoms with Crippen molar-refractivity contribution in [3.05, 3.63) is 65.4 Å². The number of nitrogens with zero attached hydrogens (tertiary/aromatic N) is 1. The minimum Gasteiger partial charge on any atom is -0.469 e. The largest absolute Gasteiger partial charge is 0.469 e. The lowest BCUT2D eigenvalue weighted by atomic mass is 10.0. The van der Waals surface area contributed by atoms with Crippen LogP contribution in [0.15, 0.2) is 48.5 Å². The lowest BCUT2D eigenvalue weighted by molar-refractivity contribution is -0.137. The molecule has 7 nitrogen and oxygen atoms in total. The molecule has 1 fully saturated rings. The molecule has 7 heteroatoms. The van der Waals surface area contributed by atoms with Crippen molar-refractivity contribution >= 4 is 28.6 Å². The van der Waals surface area contributed by atoms with Crippen LogP contribution in [-0.2, 0) is 26.0 Å². The van der Waals surface area contributed by atoms with Gasteiger partial charge in [-0.05, 0) is 30.5 Å². The van der Waals surface area contributed by atoms with Crippen molar-refractivity contribution in [3.63, 3.8) is 0 Å². The first-order chi connectivity index (χ1) is 14.3. The minimum absolute atomic E-state index is 0.189. The molecule has 1 radical (unpaired) electrons. The molecule has 1 aromatic heterocycles. The second kappa shape index (κ2) is 8.82. The number of methoxy groups -OCH3 is 1. The van der Waals surface area contributed by atoms with Crippen LogP contribution in [0.2, 0.25) is 0 Å². The SMILES string of the molecule is COC(C)=O.NC(=O)C(=O)c1c(C2CC2)n(Cc2ccccc2)c2cccc([O])c12. The van der Waals surface area contributed by atoms with Crippen molar-refractivity contribution in [1.29, 1.82) is 0 Å². The summed E-state index contributed by atoms with van der Waals surface area (Å²) in [5, 5.41) is 12.8. The van der Waals surface area contributed by atoms with Crippen molar-refractivity contribution < 1.29 is 24.2 Å². The number of aromatic nitrogens is 1. The topological polar surface area (TPSA) is 111 Å². The summed E-state index contributed by atoms with van der Waals surface area (Å²) in [7, 11) is 1.35. The van der Waals surface area contributed by atoms with Gasteiger partial charge in [-0.2, -0.15) is 0 Å². The zero-order valence-corrected chi connectivity index (χ0v) is 16.9. The molecule has 0 atom stereocenters. The number of hydrogen-bond acceptors (Lipinski definition) is 4. The highest BCUT2D eigenvalue weighted by Gasteiger charge is 2.36. The van der Waals surface area contributed by atoms with E-state index in [-0.39, 0.29) is 23.2 Å². The first-order valence-electron chi connectivity index (χ1n) is 9.59. The number of carbonyl (C=O) groups is 3. The van der Waals surface area contributed by atoms with E-state index in [0.29, 0.717) is 17.4 Å². The normalized spacial score (nSPS) is 12.7. The van der Waals surface area contributed by atoms with Crippen LogP contribution < -0.4 is 5.73 Å². The molecule has 2 N–H and O–H groups in total. The Kier molecular flexibility index (Phi) is 6.20. The molecule has 155 valence electrons. The highest BCUT2D eigenvalue weighted by molar-refractivity contribution is 6.45. The van der Waals surface area contributed by atoms with Gasteiger partial charge in [0.1, 0.15) is 0 Å². The first-order valence-corrected chi connectivity index (χ1v) is 9.59. The molecule has 1 heterocycles. The predicted octanol–water partition coefficient (Wildman–Crippen LogP) is 3.56. The molecule has 3 aromatic rings. The summed E-state index contributed by atoms with van der Waals surface area (Å²) in [5.41, 5.74) is 7.98. The summed E-state index contributed by atoms with van der Waals surface area (Å²) < 4.78 is 6.11. The van der Waals surface area contributed by atoms with Crippen LogP contribution >= 0.6 is 0 Å². The van der Waals surface area contributed by atoms with Gasteiger partial charge in [0.2, 0.25) is 0 Å². The summed E-state index contributed by atoms with van der Waals surface area (Å²) in [4.78, 5) is 33.7. The number of fused-ring (bicyclic) bond motifs is 1. The fourth-order valence-electron chi connectivity index (χ4n) is 3.46. The molecule has 4 rings (SSSR count). The molecule has 1 aliphatic rings. The molecule has 30 heavy (non-hydrogen) atoms. The Morgan fingerprint density at radius 2 is 1.70 bits per heavy atom. The minimum atomic E-state index is -1.02. The van der Waals surface area contributed by atoms with Gasteiger partial charge in [0.25, 0.3) is 11.7 Å². The van der Waals surface area contributed by atoms with Crippen molar-refractivity contribution in [1.82, 2.24) is 4.57 Å². The molecular weight excluding hydrogens is 384 g/mol. The van der Waals surface area contributed by atoms with E-state index < -0.39 is 11.7 Å². The van der Waals surface area contributed by atoms with E-state index in [9.17, 15) is 19.5 Å². The molecule has 1 amide bonds. The van der Waals surface area contributed by atoms with E-state index in [1.807, 2.05) is 41.0 Å². The Morgan fingerprint density at radius 1 is 1.07 bits per heavy atom. The van der Waals surface area contributed by atoms with E-state index in [0.717, 1.165) is 24.1 Å². The van der Waals surface area contributed by atoms with Gasteiger partial charge in [-0.3, -0.25) is 19.5 Å².